The SMILES string of the molecule is C1=NNC2=NCCCC12. The summed E-state index contributed by atoms with van der Waals surface area (Å²) in [5.74, 6) is 1.58. The van der Waals surface area contributed by atoms with Gasteiger partial charge in [-0.15, -0.1) is 0 Å². The van der Waals surface area contributed by atoms with Crippen molar-refractivity contribution in [2.75, 3.05) is 6.54 Å². The number of nitrogens with zero attached hydrogens (tertiary/aromatic N) is 2. The first-order valence-corrected chi connectivity index (χ1v) is 3.30. The standard InChI is InChI=1S/C6H9N3/c1-2-5-4-8-9-6(5)7-3-1/h4-5H,1-3H2,(H,7,9). The Hall–Kier alpha value is -0.860. The Bertz CT molecular complexity index is 171. The van der Waals surface area contributed by atoms with Gasteiger partial charge >= 0.3 is 0 Å². The lowest BCUT2D eigenvalue weighted by molar-refractivity contribution is 0.676. The summed E-state index contributed by atoms with van der Waals surface area (Å²) in [5.41, 5.74) is 2.88. The van der Waals surface area contributed by atoms with Crippen LogP contribution < -0.4 is 5.43 Å². The van der Waals surface area contributed by atoms with E-state index in [4.69, 9.17) is 0 Å². The minimum Gasteiger partial charge on any atom is -0.270 e. The molecule has 1 unspecified atom stereocenters. The van der Waals surface area contributed by atoms with Crippen LogP contribution in [-0.4, -0.2) is 18.6 Å². The maximum Gasteiger partial charge on any atom is 0.125 e. The van der Waals surface area contributed by atoms with E-state index in [2.05, 4.69) is 15.5 Å². The fraction of sp³-hybridized carbons (Fsp3) is 0.667. The number of hydrazone groups is 1. The predicted octanol–water partition coefficient (Wildman–Crippen LogP) is 0.384. The van der Waals surface area contributed by atoms with Crippen molar-refractivity contribution in [3.63, 3.8) is 0 Å². The van der Waals surface area contributed by atoms with E-state index >= 15 is 0 Å². The fourth-order valence-corrected chi connectivity index (χ4v) is 1.22. The fourth-order valence-electron chi connectivity index (χ4n) is 1.22. The molecule has 0 amide bonds. The topological polar surface area (TPSA) is 36.8 Å². The number of rotatable bonds is 0. The second kappa shape index (κ2) is 1.83. The number of fused-ring (bicyclic) bond motifs is 1. The highest BCUT2D eigenvalue weighted by Gasteiger charge is 2.20. The minimum absolute atomic E-state index is 0.513. The summed E-state index contributed by atoms with van der Waals surface area (Å²) in [6.07, 6.45) is 4.37. The van der Waals surface area contributed by atoms with Gasteiger partial charge in [-0.2, -0.15) is 5.10 Å². The van der Waals surface area contributed by atoms with Crippen molar-refractivity contribution in [2.45, 2.75) is 12.8 Å². The Balaban J connectivity index is 2.22. The molecule has 0 fully saturated rings. The molecule has 0 saturated heterocycles. The molecule has 2 rings (SSSR count). The van der Waals surface area contributed by atoms with Gasteiger partial charge in [0.2, 0.25) is 0 Å². The summed E-state index contributed by atoms with van der Waals surface area (Å²) in [6.45, 7) is 0.974. The van der Waals surface area contributed by atoms with E-state index in [1.165, 1.54) is 12.8 Å². The molecular formula is C6H9N3. The highest BCUT2D eigenvalue weighted by molar-refractivity contribution is 6.01. The lowest BCUT2D eigenvalue weighted by Crippen LogP contribution is -2.24. The minimum atomic E-state index is 0.513. The lowest BCUT2D eigenvalue weighted by Gasteiger charge is -2.12. The molecule has 3 heteroatoms. The Kier molecular flexibility index (Phi) is 1.01. The molecule has 1 atom stereocenters. The smallest absolute Gasteiger partial charge is 0.125 e. The van der Waals surface area contributed by atoms with E-state index in [1.54, 1.807) is 0 Å². The van der Waals surface area contributed by atoms with Gasteiger partial charge in [0.05, 0.1) is 5.92 Å². The predicted molar refractivity (Wildman–Crippen MR) is 36.7 cm³/mol. The van der Waals surface area contributed by atoms with Crippen LogP contribution in [0.15, 0.2) is 10.1 Å². The first kappa shape index (κ1) is 4.97. The summed E-state index contributed by atoms with van der Waals surface area (Å²) >= 11 is 0. The van der Waals surface area contributed by atoms with Crippen molar-refractivity contribution in [1.82, 2.24) is 5.43 Å². The number of aliphatic imine (C=N–C) groups is 1. The molecule has 1 N–H and O–H groups in total. The maximum absolute atomic E-state index is 4.27. The van der Waals surface area contributed by atoms with Crippen LogP contribution in [0.2, 0.25) is 0 Å². The number of hydrogen-bond acceptors (Lipinski definition) is 3. The van der Waals surface area contributed by atoms with Gasteiger partial charge in [-0.05, 0) is 12.8 Å². The van der Waals surface area contributed by atoms with Gasteiger partial charge in [0.25, 0.3) is 0 Å². The van der Waals surface area contributed by atoms with E-state index in [-0.39, 0.29) is 0 Å². The van der Waals surface area contributed by atoms with Gasteiger partial charge in [-0.25, -0.2) is 0 Å². The Morgan fingerprint density at radius 1 is 1.67 bits per heavy atom. The highest BCUT2D eigenvalue weighted by atomic mass is 15.3. The van der Waals surface area contributed by atoms with Crippen molar-refractivity contribution in [3.05, 3.63) is 0 Å². The molecule has 9 heavy (non-hydrogen) atoms. The quantitative estimate of drug-likeness (QED) is 0.497. The van der Waals surface area contributed by atoms with Gasteiger partial charge in [0.1, 0.15) is 5.84 Å². The molecular weight excluding hydrogens is 114 g/mol. The van der Waals surface area contributed by atoms with Gasteiger partial charge in [0, 0.05) is 12.8 Å². The summed E-state index contributed by atoms with van der Waals surface area (Å²) < 4.78 is 0. The molecule has 0 aromatic rings. The van der Waals surface area contributed by atoms with Crippen molar-refractivity contribution in [3.8, 4) is 0 Å². The van der Waals surface area contributed by atoms with Crippen LogP contribution >= 0.6 is 0 Å². The summed E-state index contributed by atoms with van der Waals surface area (Å²) in [6, 6.07) is 0. The van der Waals surface area contributed by atoms with Crippen molar-refractivity contribution >= 4 is 12.1 Å². The molecule has 2 aliphatic rings. The zero-order valence-corrected chi connectivity index (χ0v) is 5.17. The van der Waals surface area contributed by atoms with Crippen LogP contribution in [0.25, 0.3) is 0 Å². The van der Waals surface area contributed by atoms with E-state index in [9.17, 15) is 0 Å². The first-order chi connectivity index (χ1) is 4.47. The van der Waals surface area contributed by atoms with E-state index in [1.807, 2.05) is 6.21 Å². The molecule has 0 aromatic heterocycles. The number of hydrogen-bond donors (Lipinski definition) is 1. The third-order valence-corrected chi connectivity index (χ3v) is 1.74. The van der Waals surface area contributed by atoms with Crippen LogP contribution in [0.1, 0.15) is 12.8 Å². The second-order valence-electron chi connectivity index (χ2n) is 2.41. The summed E-state index contributed by atoms with van der Waals surface area (Å²) in [7, 11) is 0. The molecule has 2 aliphatic heterocycles. The zero-order valence-electron chi connectivity index (χ0n) is 5.17. The van der Waals surface area contributed by atoms with Crippen molar-refractivity contribution in [1.29, 1.82) is 0 Å². The molecule has 0 spiro atoms. The van der Waals surface area contributed by atoms with Crippen LogP contribution in [0.4, 0.5) is 0 Å². The third kappa shape index (κ3) is 0.724. The van der Waals surface area contributed by atoms with Crippen LogP contribution in [0, 0.1) is 5.92 Å². The van der Waals surface area contributed by atoms with Crippen LogP contribution in [0.3, 0.4) is 0 Å². The largest absolute Gasteiger partial charge is 0.270 e. The van der Waals surface area contributed by atoms with Gasteiger partial charge in [-0.1, -0.05) is 0 Å². The molecule has 48 valence electrons. The van der Waals surface area contributed by atoms with Crippen LogP contribution in [-0.2, 0) is 0 Å². The third-order valence-electron chi connectivity index (χ3n) is 1.74. The van der Waals surface area contributed by atoms with E-state index in [0.29, 0.717) is 5.92 Å². The molecule has 0 aromatic carbocycles. The number of amidine groups is 1. The van der Waals surface area contributed by atoms with E-state index < -0.39 is 0 Å². The van der Waals surface area contributed by atoms with Gasteiger partial charge in [-0.3, -0.25) is 10.4 Å². The highest BCUT2D eigenvalue weighted by Crippen LogP contribution is 2.13. The lowest BCUT2D eigenvalue weighted by atomic mass is 10.0. The van der Waals surface area contributed by atoms with Crippen molar-refractivity contribution in [2.24, 2.45) is 16.0 Å². The normalized spacial score (nSPS) is 31.1. The second-order valence-corrected chi connectivity index (χ2v) is 2.41. The molecule has 0 bridgehead atoms. The number of nitrogens with one attached hydrogen (secondary N) is 1. The zero-order chi connectivity index (χ0) is 6.10. The average Bonchev–Trinajstić information content (AvgIpc) is 2.33. The molecule has 0 radical (unpaired) electrons. The van der Waals surface area contributed by atoms with Crippen LogP contribution in [0.5, 0.6) is 0 Å². The molecule has 3 nitrogen and oxygen atoms in total. The average molecular weight is 123 g/mol. The Labute approximate surface area is 53.9 Å². The van der Waals surface area contributed by atoms with Gasteiger partial charge in [0.15, 0.2) is 0 Å². The Morgan fingerprint density at radius 3 is 3.56 bits per heavy atom. The molecule has 0 saturated carbocycles. The molecule has 0 aliphatic carbocycles. The van der Waals surface area contributed by atoms with Gasteiger partial charge < -0.3 is 0 Å². The van der Waals surface area contributed by atoms with Crippen molar-refractivity contribution < 1.29 is 0 Å². The summed E-state index contributed by atoms with van der Waals surface area (Å²) in [4.78, 5) is 4.27. The Morgan fingerprint density at radius 2 is 2.67 bits per heavy atom. The summed E-state index contributed by atoms with van der Waals surface area (Å²) in [5, 5.41) is 3.92. The van der Waals surface area contributed by atoms with E-state index in [0.717, 1.165) is 12.4 Å². The molecule has 2 heterocycles. The monoisotopic (exact) mass is 123 g/mol. The first-order valence-electron chi connectivity index (χ1n) is 3.30. The maximum atomic E-state index is 4.27.